The van der Waals surface area contributed by atoms with Crippen molar-refractivity contribution in [2.75, 3.05) is 19.5 Å². The predicted octanol–water partition coefficient (Wildman–Crippen LogP) is 4.14. The molecular weight excluding hydrogens is 382 g/mol. The molecule has 1 atom stereocenters. The third-order valence-corrected chi connectivity index (χ3v) is 5.70. The maximum atomic E-state index is 12.7. The van der Waals surface area contributed by atoms with Crippen molar-refractivity contribution < 1.29 is 14.3 Å². The first-order chi connectivity index (χ1) is 13.1. The van der Waals surface area contributed by atoms with E-state index < -0.39 is 6.17 Å². The van der Waals surface area contributed by atoms with Crippen molar-refractivity contribution in [2.45, 2.75) is 6.17 Å². The number of thiazole rings is 1. The van der Waals surface area contributed by atoms with E-state index in [0.29, 0.717) is 26.1 Å². The van der Waals surface area contributed by atoms with Crippen LogP contribution in [0, 0.1) is 3.95 Å². The average molecular weight is 399 g/mol. The third-order valence-electron chi connectivity index (χ3n) is 4.33. The van der Waals surface area contributed by atoms with E-state index in [-0.39, 0.29) is 5.91 Å². The minimum atomic E-state index is -0.413. The molecule has 1 aliphatic heterocycles. The summed E-state index contributed by atoms with van der Waals surface area (Å²) in [5, 5.41) is 6.37. The molecule has 2 aromatic carbocycles. The van der Waals surface area contributed by atoms with Crippen LogP contribution in [0.3, 0.4) is 0 Å². The van der Waals surface area contributed by atoms with Gasteiger partial charge in [0.05, 0.1) is 14.2 Å². The topological polar surface area (TPSA) is 64.5 Å². The molecule has 0 radical (unpaired) electrons. The number of aromatic nitrogens is 1. The molecule has 138 valence electrons. The minimum Gasteiger partial charge on any atom is -0.493 e. The number of ether oxygens (including phenoxy) is 2. The maximum absolute atomic E-state index is 12.7. The lowest BCUT2D eigenvalue weighted by atomic mass is 10.1. The van der Waals surface area contributed by atoms with Crippen molar-refractivity contribution in [3.63, 3.8) is 0 Å². The van der Waals surface area contributed by atoms with Crippen molar-refractivity contribution in [3.05, 3.63) is 62.9 Å². The number of anilines is 1. The van der Waals surface area contributed by atoms with Gasteiger partial charge in [-0.25, -0.2) is 0 Å². The molecule has 0 saturated heterocycles. The van der Waals surface area contributed by atoms with E-state index in [2.05, 4.69) is 10.6 Å². The molecule has 0 bridgehead atoms. The van der Waals surface area contributed by atoms with Crippen LogP contribution in [0.25, 0.3) is 5.69 Å². The number of nitrogens with zero attached hydrogens (tertiary/aromatic N) is 1. The van der Waals surface area contributed by atoms with Crippen LogP contribution in [-0.4, -0.2) is 24.7 Å². The Kier molecular flexibility index (Phi) is 4.59. The number of amides is 1. The number of carbonyl (C=O) groups excluding carboxylic acids is 1. The molecule has 1 aliphatic rings. The second kappa shape index (κ2) is 7.05. The van der Waals surface area contributed by atoms with Crippen molar-refractivity contribution in [1.29, 1.82) is 0 Å². The molecule has 2 heterocycles. The van der Waals surface area contributed by atoms with Gasteiger partial charge < -0.3 is 20.1 Å². The lowest BCUT2D eigenvalue weighted by Crippen LogP contribution is -2.38. The van der Waals surface area contributed by atoms with E-state index in [1.165, 1.54) is 11.3 Å². The first kappa shape index (κ1) is 17.6. The number of hydrogen-bond acceptors (Lipinski definition) is 6. The highest BCUT2D eigenvalue weighted by molar-refractivity contribution is 7.73. The van der Waals surface area contributed by atoms with Crippen molar-refractivity contribution in [1.82, 2.24) is 9.88 Å². The third kappa shape index (κ3) is 3.07. The largest absolute Gasteiger partial charge is 0.493 e. The van der Waals surface area contributed by atoms with E-state index in [4.69, 9.17) is 21.7 Å². The highest BCUT2D eigenvalue weighted by Gasteiger charge is 2.30. The minimum absolute atomic E-state index is 0.158. The molecule has 1 aromatic heterocycles. The van der Waals surface area contributed by atoms with E-state index in [9.17, 15) is 4.79 Å². The fourth-order valence-electron chi connectivity index (χ4n) is 3.04. The van der Waals surface area contributed by atoms with E-state index in [1.54, 1.807) is 14.2 Å². The van der Waals surface area contributed by atoms with Crippen LogP contribution < -0.4 is 20.1 Å². The summed E-state index contributed by atoms with van der Waals surface area (Å²) in [6, 6.07) is 15.3. The van der Waals surface area contributed by atoms with Crippen LogP contribution >= 0.6 is 23.6 Å². The zero-order valence-electron chi connectivity index (χ0n) is 14.7. The lowest BCUT2D eigenvalue weighted by molar-refractivity contribution is 0.0939. The highest BCUT2D eigenvalue weighted by atomic mass is 32.1. The summed E-state index contributed by atoms with van der Waals surface area (Å²) in [6.07, 6.45) is -0.413. The molecule has 3 aromatic rings. The molecular formula is C19H17N3O3S2. The number of carbonyl (C=O) groups is 1. The number of methoxy groups -OCH3 is 2. The standard InChI is InChI=1S/C19H17N3O3S2/c1-24-13-9-8-11(10-14(13)25-2)16-20-17-15(18(23)21-16)27-19(26)22(17)12-6-4-3-5-7-12/h3-10,16,20H,1-2H3,(H,21,23)/t16-/m0/s1. The van der Waals surface area contributed by atoms with Gasteiger partial charge in [-0.15, -0.1) is 0 Å². The van der Waals surface area contributed by atoms with Gasteiger partial charge in [0.2, 0.25) is 0 Å². The van der Waals surface area contributed by atoms with E-state index in [0.717, 1.165) is 11.3 Å². The maximum Gasteiger partial charge on any atom is 0.267 e. The number of rotatable bonds is 4. The Morgan fingerprint density at radius 3 is 2.48 bits per heavy atom. The van der Waals surface area contributed by atoms with Crippen LogP contribution in [0.15, 0.2) is 48.5 Å². The van der Waals surface area contributed by atoms with Crippen LogP contribution in [-0.2, 0) is 0 Å². The van der Waals surface area contributed by atoms with E-state index >= 15 is 0 Å². The van der Waals surface area contributed by atoms with Gasteiger partial charge in [0.25, 0.3) is 5.91 Å². The molecule has 1 amide bonds. The van der Waals surface area contributed by atoms with Crippen molar-refractivity contribution in [3.8, 4) is 17.2 Å². The predicted molar refractivity (Wildman–Crippen MR) is 108 cm³/mol. The number of hydrogen-bond donors (Lipinski definition) is 2. The summed E-state index contributed by atoms with van der Waals surface area (Å²) >= 11 is 6.80. The molecule has 4 rings (SSSR count). The number of nitrogens with one attached hydrogen (secondary N) is 2. The summed E-state index contributed by atoms with van der Waals surface area (Å²) in [4.78, 5) is 13.3. The number of benzene rings is 2. The van der Waals surface area contributed by atoms with Gasteiger partial charge >= 0.3 is 0 Å². The van der Waals surface area contributed by atoms with Crippen molar-refractivity contribution >= 4 is 35.3 Å². The zero-order chi connectivity index (χ0) is 19.0. The fourth-order valence-corrected chi connectivity index (χ4v) is 4.35. The van der Waals surface area contributed by atoms with Crippen LogP contribution in [0.4, 0.5) is 5.82 Å². The van der Waals surface area contributed by atoms with Gasteiger partial charge in [-0.05, 0) is 42.0 Å². The SMILES string of the molecule is COc1ccc([C@@H]2NC(=O)c3sc(=S)n(-c4ccccc4)c3N2)cc1OC. The molecule has 2 N–H and O–H groups in total. The Hall–Kier alpha value is -2.84. The highest BCUT2D eigenvalue weighted by Crippen LogP contribution is 2.36. The Labute approximate surface area is 165 Å². The first-order valence-corrected chi connectivity index (χ1v) is 9.45. The summed E-state index contributed by atoms with van der Waals surface area (Å²) in [6.45, 7) is 0. The molecule has 0 saturated carbocycles. The quantitative estimate of drug-likeness (QED) is 0.646. The van der Waals surface area contributed by atoms with Gasteiger partial charge in [-0.2, -0.15) is 0 Å². The monoisotopic (exact) mass is 399 g/mol. The van der Waals surface area contributed by atoms with Crippen LogP contribution in [0.5, 0.6) is 11.5 Å². The van der Waals surface area contributed by atoms with Gasteiger partial charge in [0, 0.05) is 5.69 Å². The molecule has 0 unspecified atom stereocenters. The normalized spacial score (nSPS) is 15.5. The molecule has 8 heteroatoms. The zero-order valence-corrected chi connectivity index (χ0v) is 16.3. The summed E-state index contributed by atoms with van der Waals surface area (Å²) in [5.74, 6) is 1.77. The Balaban J connectivity index is 1.77. The second-order valence-corrected chi connectivity index (χ2v) is 7.53. The molecule has 6 nitrogen and oxygen atoms in total. The van der Waals surface area contributed by atoms with Crippen molar-refractivity contribution in [2.24, 2.45) is 0 Å². The van der Waals surface area contributed by atoms with E-state index in [1.807, 2.05) is 53.1 Å². The Morgan fingerprint density at radius 2 is 1.78 bits per heavy atom. The Bertz CT molecular complexity index is 1060. The molecule has 0 fully saturated rings. The lowest BCUT2D eigenvalue weighted by Gasteiger charge is -2.27. The number of para-hydroxylation sites is 1. The van der Waals surface area contributed by atoms with Gasteiger partial charge in [-0.1, -0.05) is 35.6 Å². The van der Waals surface area contributed by atoms with Gasteiger partial charge in [0.15, 0.2) is 15.5 Å². The number of fused-ring (bicyclic) bond motifs is 1. The Morgan fingerprint density at radius 1 is 1.04 bits per heavy atom. The molecule has 0 aliphatic carbocycles. The summed E-state index contributed by atoms with van der Waals surface area (Å²) in [7, 11) is 3.17. The van der Waals surface area contributed by atoms with Crippen LogP contribution in [0.1, 0.15) is 21.4 Å². The van der Waals surface area contributed by atoms with Gasteiger partial charge in [0.1, 0.15) is 16.9 Å². The molecule has 27 heavy (non-hydrogen) atoms. The summed E-state index contributed by atoms with van der Waals surface area (Å²) < 4.78 is 13.2. The average Bonchev–Trinajstić information content (AvgIpc) is 3.04. The second-order valence-electron chi connectivity index (χ2n) is 5.88. The first-order valence-electron chi connectivity index (χ1n) is 8.23. The molecule has 0 spiro atoms. The van der Waals surface area contributed by atoms with Crippen LogP contribution in [0.2, 0.25) is 0 Å². The smallest absolute Gasteiger partial charge is 0.267 e. The fraction of sp³-hybridized carbons (Fsp3) is 0.158. The summed E-state index contributed by atoms with van der Waals surface area (Å²) in [5.41, 5.74) is 1.76. The van der Waals surface area contributed by atoms with Gasteiger partial charge in [-0.3, -0.25) is 9.36 Å².